The molecule has 0 spiro atoms. The first-order valence-electron chi connectivity index (χ1n) is 4.41. The molecular weight excluding hydrogens is 122 g/mol. The minimum Gasteiger partial charge on any atom is -0.310 e. The zero-order valence-electron chi connectivity index (χ0n) is 7.04. The van der Waals surface area contributed by atoms with Gasteiger partial charge in [0.2, 0.25) is 0 Å². The highest BCUT2D eigenvalue weighted by Crippen LogP contribution is 2.49. The molecule has 1 saturated carbocycles. The van der Waals surface area contributed by atoms with Gasteiger partial charge in [0, 0.05) is 12.1 Å². The molecule has 1 aliphatic carbocycles. The Hall–Kier alpha value is -0.0400. The zero-order valence-corrected chi connectivity index (χ0v) is 7.04. The van der Waals surface area contributed by atoms with Crippen LogP contribution in [-0.4, -0.2) is 12.1 Å². The van der Waals surface area contributed by atoms with E-state index in [2.05, 4.69) is 19.2 Å². The van der Waals surface area contributed by atoms with Crippen molar-refractivity contribution in [3.05, 3.63) is 0 Å². The summed E-state index contributed by atoms with van der Waals surface area (Å²) in [7, 11) is 0. The maximum absolute atomic E-state index is 3.56. The normalized spacial score (nSPS) is 53.4. The third-order valence-corrected chi connectivity index (χ3v) is 3.86. The van der Waals surface area contributed by atoms with Crippen molar-refractivity contribution in [1.82, 2.24) is 5.32 Å². The average Bonchev–Trinajstić information content (AvgIpc) is 1.92. The van der Waals surface area contributed by atoms with Gasteiger partial charge in [0.25, 0.3) is 0 Å². The van der Waals surface area contributed by atoms with Crippen molar-refractivity contribution in [3.63, 3.8) is 0 Å². The summed E-state index contributed by atoms with van der Waals surface area (Å²) in [6.07, 6.45) is 5.72. The molecule has 58 valence electrons. The predicted octanol–water partition coefficient (Wildman–Crippen LogP) is 1.93. The van der Waals surface area contributed by atoms with Crippen LogP contribution in [0.1, 0.15) is 39.5 Å². The van der Waals surface area contributed by atoms with Gasteiger partial charge in [-0.1, -0.05) is 19.8 Å². The number of fused-ring (bicyclic) bond motifs is 1. The fourth-order valence-electron chi connectivity index (χ4n) is 2.44. The van der Waals surface area contributed by atoms with Gasteiger partial charge in [-0.05, 0) is 25.2 Å². The van der Waals surface area contributed by atoms with E-state index in [4.69, 9.17) is 0 Å². The standard InChI is InChI=1S/C9H17N/c1-8-5-3-4-6-9(8,2)10-7-8/h10H,3-7H2,1-2H3. The summed E-state index contributed by atoms with van der Waals surface area (Å²) in [4.78, 5) is 0. The molecule has 2 unspecified atom stereocenters. The van der Waals surface area contributed by atoms with Gasteiger partial charge < -0.3 is 5.32 Å². The van der Waals surface area contributed by atoms with Gasteiger partial charge in [-0.3, -0.25) is 0 Å². The highest BCUT2D eigenvalue weighted by atomic mass is 15.1. The molecule has 2 rings (SSSR count). The van der Waals surface area contributed by atoms with E-state index in [1.165, 1.54) is 32.2 Å². The molecule has 10 heavy (non-hydrogen) atoms. The van der Waals surface area contributed by atoms with Crippen LogP contribution in [0.5, 0.6) is 0 Å². The van der Waals surface area contributed by atoms with Crippen molar-refractivity contribution in [2.75, 3.05) is 6.54 Å². The molecule has 0 aromatic rings. The van der Waals surface area contributed by atoms with Crippen LogP contribution in [0.25, 0.3) is 0 Å². The van der Waals surface area contributed by atoms with Crippen molar-refractivity contribution in [2.45, 2.75) is 45.1 Å². The molecule has 1 saturated heterocycles. The Bertz CT molecular complexity index is 137. The Morgan fingerprint density at radius 3 is 2.10 bits per heavy atom. The highest BCUT2D eigenvalue weighted by Gasteiger charge is 2.52. The summed E-state index contributed by atoms with van der Waals surface area (Å²) in [6, 6.07) is 0. The summed E-state index contributed by atoms with van der Waals surface area (Å²) in [6.45, 7) is 6.07. The van der Waals surface area contributed by atoms with Crippen LogP contribution in [-0.2, 0) is 0 Å². The van der Waals surface area contributed by atoms with Gasteiger partial charge in [0.05, 0.1) is 0 Å². The lowest BCUT2D eigenvalue weighted by Gasteiger charge is -2.60. The third-order valence-electron chi connectivity index (χ3n) is 3.86. The molecule has 1 nitrogen and oxygen atoms in total. The van der Waals surface area contributed by atoms with Crippen molar-refractivity contribution in [1.29, 1.82) is 0 Å². The summed E-state index contributed by atoms with van der Waals surface area (Å²) in [5.74, 6) is 0. The van der Waals surface area contributed by atoms with Gasteiger partial charge in [-0.15, -0.1) is 0 Å². The molecule has 1 aliphatic heterocycles. The van der Waals surface area contributed by atoms with Gasteiger partial charge in [0.1, 0.15) is 0 Å². The molecule has 2 fully saturated rings. The minimum absolute atomic E-state index is 0.505. The van der Waals surface area contributed by atoms with E-state index >= 15 is 0 Å². The molecule has 0 amide bonds. The van der Waals surface area contributed by atoms with Crippen LogP contribution < -0.4 is 5.32 Å². The number of hydrogen-bond donors (Lipinski definition) is 1. The van der Waals surface area contributed by atoms with Crippen molar-refractivity contribution < 1.29 is 0 Å². The SMILES string of the molecule is CC12CCCCC1(C)NC2. The lowest BCUT2D eigenvalue weighted by molar-refractivity contribution is -0.0278. The molecule has 0 aromatic heterocycles. The molecule has 0 radical (unpaired) electrons. The molecule has 1 heterocycles. The van der Waals surface area contributed by atoms with Crippen molar-refractivity contribution in [2.24, 2.45) is 5.41 Å². The second-order valence-corrected chi connectivity index (χ2v) is 4.45. The topological polar surface area (TPSA) is 12.0 Å². The first-order chi connectivity index (χ1) is 4.66. The van der Waals surface area contributed by atoms with E-state index in [-0.39, 0.29) is 0 Å². The quantitative estimate of drug-likeness (QED) is 0.540. The van der Waals surface area contributed by atoms with Crippen LogP contribution in [0.15, 0.2) is 0 Å². The largest absolute Gasteiger partial charge is 0.310 e. The molecule has 0 bridgehead atoms. The van der Waals surface area contributed by atoms with E-state index < -0.39 is 0 Å². The zero-order chi connectivity index (χ0) is 7.24. The average molecular weight is 139 g/mol. The summed E-state index contributed by atoms with van der Waals surface area (Å²) in [5.41, 5.74) is 1.15. The Labute approximate surface area is 63.2 Å². The lowest BCUT2D eigenvalue weighted by Crippen LogP contribution is -2.71. The molecular formula is C9H17N. The summed E-state index contributed by atoms with van der Waals surface area (Å²) < 4.78 is 0. The molecule has 1 N–H and O–H groups in total. The van der Waals surface area contributed by atoms with Crippen LogP contribution in [0.3, 0.4) is 0 Å². The smallest absolute Gasteiger partial charge is 0.0219 e. The van der Waals surface area contributed by atoms with Crippen molar-refractivity contribution >= 4 is 0 Å². The number of hydrogen-bond acceptors (Lipinski definition) is 1. The van der Waals surface area contributed by atoms with Crippen LogP contribution in [0, 0.1) is 5.41 Å². The summed E-state index contributed by atoms with van der Waals surface area (Å²) in [5, 5.41) is 3.56. The number of nitrogens with one attached hydrogen (secondary N) is 1. The van der Waals surface area contributed by atoms with Gasteiger partial charge in [0.15, 0.2) is 0 Å². The fraction of sp³-hybridized carbons (Fsp3) is 1.00. The van der Waals surface area contributed by atoms with E-state index in [1.54, 1.807) is 0 Å². The molecule has 0 aromatic carbocycles. The molecule has 2 aliphatic rings. The monoisotopic (exact) mass is 139 g/mol. The fourth-order valence-corrected chi connectivity index (χ4v) is 2.44. The van der Waals surface area contributed by atoms with Crippen LogP contribution >= 0.6 is 0 Å². The second-order valence-electron chi connectivity index (χ2n) is 4.45. The number of rotatable bonds is 0. The Balaban J connectivity index is 2.17. The maximum atomic E-state index is 3.56. The molecule has 2 atom stereocenters. The Morgan fingerprint density at radius 2 is 1.80 bits per heavy atom. The second kappa shape index (κ2) is 1.76. The van der Waals surface area contributed by atoms with Gasteiger partial charge in [-0.2, -0.15) is 0 Å². The molecule has 1 heteroatoms. The van der Waals surface area contributed by atoms with E-state index in [0.717, 1.165) is 0 Å². The van der Waals surface area contributed by atoms with E-state index in [1.807, 2.05) is 0 Å². The minimum atomic E-state index is 0.505. The maximum Gasteiger partial charge on any atom is 0.0219 e. The van der Waals surface area contributed by atoms with Crippen molar-refractivity contribution in [3.8, 4) is 0 Å². The Morgan fingerprint density at radius 1 is 1.10 bits per heavy atom. The van der Waals surface area contributed by atoms with Gasteiger partial charge >= 0.3 is 0 Å². The lowest BCUT2D eigenvalue weighted by atomic mass is 9.57. The van der Waals surface area contributed by atoms with Gasteiger partial charge in [-0.25, -0.2) is 0 Å². The Kier molecular flexibility index (Phi) is 1.17. The van der Waals surface area contributed by atoms with E-state index in [9.17, 15) is 0 Å². The van der Waals surface area contributed by atoms with E-state index in [0.29, 0.717) is 11.0 Å². The first-order valence-corrected chi connectivity index (χ1v) is 4.41. The summed E-state index contributed by atoms with van der Waals surface area (Å²) >= 11 is 0. The van der Waals surface area contributed by atoms with Crippen LogP contribution in [0.2, 0.25) is 0 Å². The predicted molar refractivity (Wildman–Crippen MR) is 43.0 cm³/mol. The van der Waals surface area contributed by atoms with Crippen LogP contribution in [0.4, 0.5) is 0 Å². The third kappa shape index (κ3) is 0.619. The first kappa shape index (κ1) is 6.66. The highest BCUT2D eigenvalue weighted by molar-refractivity contribution is 5.10.